The molecule has 0 unspecified atom stereocenters. The SMILES string of the molecule is CCNc1ncnc(NCCS(C)(=O)=O)c1[N+](=O)[O-]. The highest BCUT2D eigenvalue weighted by Crippen LogP contribution is 2.28. The predicted octanol–water partition coefficient (Wildman–Crippen LogP) is 0.273. The molecule has 1 aromatic heterocycles. The Morgan fingerprint density at radius 1 is 1.32 bits per heavy atom. The molecule has 0 atom stereocenters. The van der Waals surface area contributed by atoms with Crippen molar-refractivity contribution in [2.45, 2.75) is 6.92 Å². The molecule has 106 valence electrons. The Morgan fingerprint density at radius 3 is 2.37 bits per heavy atom. The first-order valence-corrected chi connectivity index (χ1v) is 7.56. The van der Waals surface area contributed by atoms with Crippen LogP contribution in [0.4, 0.5) is 17.3 Å². The number of sulfone groups is 1. The molecule has 0 aliphatic heterocycles. The second-order valence-electron chi connectivity index (χ2n) is 3.76. The molecule has 0 fully saturated rings. The summed E-state index contributed by atoms with van der Waals surface area (Å²) in [7, 11) is -3.14. The van der Waals surface area contributed by atoms with Gasteiger partial charge >= 0.3 is 5.69 Å². The van der Waals surface area contributed by atoms with Gasteiger partial charge in [0.2, 0.25) is 11.6 Å². The Labute approximate surface area is 110 Å². The summed E-state index contributed by atoms with van der Waals surface area (Å²) >= 11 is 0. The minimum Gasteiger partial charge on any atom is -0.364 e. The molecule has 1 aromatic rings. The van der Waals surface area contributed by atoms with Crippen molar-refractivity contribution in [1.82, 2.24) is 9.97 Å². The molecule has 19 heavy (non-hydrogen) atoms. The lowest BCUT2D eigenvalue weighted by atomic mass is 10.4. The van der Waals surface area contributed by atoms with Crippen LogP contribution in [0.2, 0.25) is 0 Å². The molecule has 0 saturated carbocycles. The van der Waals surface area contributed by atoms with Gasteiger partial charge < -0.3 is 10.6 Å². The Kier molecular flexibility index (Phi) is 4.98. The Bertz CT molecular complexity index is 560. The van der Waals surface area contributed by atoms with Gasteiger partial charge in [-0.15, -0.1) is 0 Å². The van der Waals surface area contributed by atoms with E-state index in [4.69, 9.17) is 0 Å². The van der Waals surface area contributed by atoms with Crippen LogP contribution in [0.3, 0.4) is 0 Å². The van der Waals surface area contributed by atoms with Crippen LogP contribution in [0.25, 0.3) is 0 Å². The van der Waals surface area contributed by atoms with Crippen LogP contribution in [0, 0.1) is 10.1 Å². The molecule has 0 spiro atoms. The van der Waals surface area contributed by atoms with Gasteiger partial charge in [-0.1, -0.05) is 0 Å². The van der Waals surface area contributed by atoms with E-state index in [1.807, 2.05) is 0 Å². The number of nitro groups is 1. The third kappa shape index (κ3) is 4.66. The van der Waals surface area contributed by atoms with Crippen LogP contribution in [0.1, 0.15) is 6.92 Å². The highest BCUT2D eigenvalue weighted by atomic mass is 32.2. The second kappa shape index (κ2) is 6.27. The van der Waals surface area contributed by atoms with Crippen molar-refractivity contribution >= 4 is 27.2 Å². The average Bonchev–Trinajstić information content (AvgIpc) is 2.27. The molecule has 0 aliphatic rings. The second-order valence-corrected chi connectivity index (χ2v) is 6.02. The number of nitrogens with zero attached hydrogens (tertiary/aromatic N) is 3. The number of anilines is 2. The van der Waals surface area contributed by atoms with Gasteiger partial charge in [-0.3, -0.25) is 10.1 Å². The van der Waals surface area contributed by atoms with Crippen molar-refractivity contribution in [3.63, 3.8) is 0 Å². The zero-order valence-corrected chi connectivity index (χ0v) is 11.4. The van der Waals surface area contributed by atoms with E-state index in [-0.39, 0.29) is 29.6 Å². The Hall–Kier alpha value is -1.97. The van der Waals surface area contributed by atoms with Crippen LogP contribution in [-0.2, 0) is 9.84 Å². The normalized spacial score (nSPS) is 11.1. The lowest BCUT2D eigenvalue weighted by molar-refractivity contribution is -0.383. The summed E-state index contributed by atoms with van der Waals surface area (Å²) in [5.41, 5.74) is -0.294. The molecule has 2 N–H and O–H groups in total. The molecule has 0 aliphatic carbocycles. The summed E-state index contributed by atoms with van der Waals surface area (Å²) < 4.78 is 22.0. The van der Waals surface area contributed by atoms with Gasteiger partial charge in [0.25, 0.3) is 0 Å². The van der Waals surface area contributed by atoms with E-state index in [9.17, 15) is 18.5 Å². The maximum absolute atomic E-state index is 11.0. The molecule has 9 nitrogen and oxygen atoms in total. The van der Waals surface area contributed by atoms with Gasteiger partial charge in [0, 0.05) is 19.3 Å². The molecular weight excluding hydrogens is 274 g/mol. The minimum atomic E-state index is -3.14. The maximum Gasteiger partial charge on any atom is 0.353 e. The van der Waals surface area contributed by atoms with Crippen LogP contribution < -0.4 is 10.6 Å². The summed E-state index contributed by atoms with van der Waals surface area (Å²) in [5.74, 6) is -0.0333. The first-order valence-electron chi connectivity index (χ1n) is 5.50. The van der Waals surface area contributed by atoms with E-state index in [1.54, 1.807) is 6.92 Å². The number of hydrogen-bond acceptors (Lipinski definition) is 8. The van der Waals surface area contributed by atoms with Crippen LogP contribution in [0.15, 0.2) is 6.33 Å². The summed E-state index contributed by atoms with van der Waals surface area (Å²) in [5, 5.41) is 16.4. The summed E-state index contributed by atoms with van der Waals surface area (Å²) in [4.78, 5) is 17.9. The third-order valence-corrected chi connectivity index (χ3v) is 3.06. The standard InChI is InChI=1S/C9H15N5O4S/c1-3-10-8-7(14(15)16)9(13-6-12-8)11-4-5-19(2,17)18/h6H,3-5H2,1-2H3,(H2,10,11,12,13). The average molecular weight is 289 g/mol. The van der Waals surface area contributed by atoms with Gasteiger partial charge in [-0.2, -0.15) is 0 Å². The third-order valence-electron chi connectivity index (χ3n) is 2.11. The van der Waals surface area contributed by atoms with Crippen molar-refractivity contribution in [2.24, 2.45) is 0 Å². The number of aromatic nitrogens is 2. The van der Waals surface area contributed by atoms with Crippen LogP contribution >= 0.6 is 0 Å². The topological polar surface area (TPSA) is 127 Å². The molecule has 10 heteroatoms. The fraction of sp³-hybridized carbons (Fsp3) is 0.556. The van der Waals surface area contributed by atoms with Crippen molar-refractivity contribution < 1.29 is 13.3 Å². The van der Waals surface area contributed by atoms with Crippen molar-refractivity contribution in [2.75, 3.05) is 35.7 Å². The number of rotatable bonds is 7. The van der Waals surface area contributed by atoms with Crippen LogP contribution in [0.5, 0.6) is 0 Å². The fourth-order valence-corrected chi connectivity index (χ4v) is 1.81. The molecule has 0 amide bonds. The molecule has 0 saturated heterocycles. The van der Waals surface area contributed by atoms with Crippen molar-refractivity contribution in [3.05, 3.63) is 16.4 Å². The Morgan fingerprint density at radius 2 is 1.89 bits per heavy atom. The summed E-state index contributed by atoms with van der Waals surface area (Å²) in [6, 6.07) is 0. The van der Waals surface area contributed by atoms with Gasteiger partial charge in [0.1, 0.15) is 16.2 Å². The molecule has 0 aromatic carbocycles. The molecule has 1 rings (SSSR count). The van der Waals surface area contributed by atoms with E-state index >= 15 is 0 Å². The fourth-order valence-electron chi connectivity index (χ4n) is 1.33. The monoisotopic (exact) mass is 289 g/mol. The van der Waals surface area contributed by atoms with Crippen molar-refractivity contribution in [1.29, 1.82) is 0 Å². The highest BCUT2D eigenvalue weighted by Gasteiger charge is 2.22. The first kappa shape index (κ1) is 15.1. The van der Waals surface area contributed by atoms with Crippen molar-refractivity contribution in [3.8, 4) is 0 Å². The van der Waals surface area contributed by atoms with E-state index in [2.05, 4.69) is 20.6 Å². The smallest absolute Gasteiger partial charge is 0.353 e. The number of hydrogen-bond donors (Lipinski definition) is 2. The summed E-state index contributed by atoms with van der Waals surface area (Å²) in [6.45, 7) is 2.30. The van der Waals surface area contributed by atoms with E-state index in [1.165, 1.54) is 6.33 Å². The first-order chi connectivity index (χ1) is 8.85. The predicted molar refractivity (Wildman–Crippen MR) is 71.1 cm³/mol. The lowest BCUT2D eigenvalue weighted by Crippen LogP contribution is -2.16. The quantitative estimate of drug-likeness (QED) is 0.541. The zero-order chi connectivity index (χ0) is 14.5. The maximum atomic E-state index is 11.0. The molecule has 0 bridgehead atoms. The van der Waals surface area contributed by atoms with Gasteiger partial charge in [-0.25, -0.2) is 18.4 Å². The highest BCUT2D eigenvalue weighted by molar-refractivity contribution is 7.90. The Balaban J connectivity index is 2.93. The molecule has 0 radical (unpaired) electrons. The van der Waals surface area contributed by atoms with Crippen LogP contribution in [-0.4, -0.2) is 48.4 Å². The van der Waals surface area contributed by atoms with E-state index in [0.717, 1.165) is 6.26 Å². The lowest BCUT2D eigenvalue weighted by Gasteiger charge is -2.08. The van der Waals surface area contributed by atoms with Gasteiger partial charge in [-0.05, 0) is 6.92 Å². The van der Waals surface area contributed by atoms with E-state index in [0.29, 0.717) is 6.54 Å². The largest absolute Gasteiger partial charge is 0.364 e. The van der Waals surface area contributed by atoms with Gasteiger partial charge in [0.15, 0.2) is 0 Å². The number of nitrogens with one attached hydrogen (secondary N) is 2. The molecule has 1 heterocycles. The minimum absolute atomic E-state index is 0.000370. The van der Waals surface area contributed by atoms with E-state index < -0.39 is 14.8 Å². The summed E-state index contributed by atoms with van der Waals surface area (Å²) in [6.07, 6.45) is 2.26. The zero-order valence-electron chi connectivity index (χ0n) is 10.6. The molecular formula is C9H15N5O4S. The van der Waals surface area contributed by atoms with Gasteiger partial charge in [0.05, 0.1) is 10.7 Å².